The van der Waals surface area contributed by atoms with Crippen LogP contribution in [0.5, 0.6) is 5.75 Å². The van der Waals surface area contributed by atoms with Crippen LogP contribution < -0.4 is 10.1 Å². The van der Waals surface area contributed by atoms with Crippen LogP contribution in [0.15, 0.2) is 18.2 Å². The van der Waals surface area contributed by atoms with Gasteiger partial charge in [0.2, 0.25) is 6.29 Å². The summed E-state index contributed by atoms with van der Waals surface area (Å²) in [5, 5.41) is 2.51. The van der Waals surface area contributed by atoms with E-state index in [1.807, 2.05) is 18.2 Å². The molecule has 0 aliphatic carbocycles. The van der Waals surface area contributed by atoms with Gasteiger partial charge in [0.15, 0.2) is 0 Å². The first-order valence-corrected chi connectivity index (χ1v) is 5.27. The maximum absolute atomic E-state index is 10.8. The third-order valence-corrected chi connectivity index (χ3v) is 2.55. The molecule has 0 aromatic heterocycles. The maximum atomic E-state index is 10.8. The summed E-state index contributed by atoms with van der Waals surface area (Å²) in [6.45, 7) is 1.15. The highest BCUT2D eigenvalue weighted by Crippen LogP contribution is 2.25. The zero-order chi connectivity index (χ0) is 11.4. The van der Waals surface area contributed by atoms with Crippen LogP contribution in [0.3, 0.4) is 0 Å². The average molecular weight is 219 g/mol. The lowest BCUT2D eigenvalue weighted by atomic mass is 10.0. The molecular weight excluding hydrogens is 206 g/mol. The SMILES string of the molecule is O=CC(=O)NCc1ccc2c(c1)CCCO2. The second kappa shape index (κ2) is 4.79. The molecule has 0 saturated carbocycles. The lowest BCUT2D eigenvalue weighted by Gasteiger charge is -2.17. The monoisotopic (exact) mass is 219 g/mol. The van der Waals surface area contributed by atoms with Gasteiger partial charge in [-0.2, -0.15) is 0 Å². The summed E-state index contributed by atoms with van der Waals surface area (Å²) >= 11 is 0. The Morgan fingerprint density at radius 2 is 2.38 bits per heavy atom. The van der Waals surface area contributed by atoms with Crippen molar-refractivity contribution in [1.82, 2.24) is 5.32 Å². The molecule has 0 atom stereocenters. The fourth-order valence-electron chi connectivity index (χ4n) is 1.75. The minimum Gasteiger partial charge on any atom is -0.493 e. The Labute approximate surface area is 93.6 Å². The Bertz CT molecular complexity index is 415. The number of fused-ring (bicyclic) bond motifs is 1. The van der Waals surface area contributed by atoms with E-state index in [0.717, 1.165) is 30.8 Å². The zero-order valence-corrected chi connectivity index (χ0v) is 8.86. The number of amides is 1. The predicted molar refractivity (Wildman–Crippen MR) is 58.2 cm³/mol. The van der Waals surface area contributed by atoms with Gasteiger partial charge in [-0.25, -0.2) is 0 Å². The van der Waals surface area contributed by atoms with Gasteiger partial charge in [0, 0.05) is 6.54 Å². The summed E-state index contributed by atoms with van der Waals surface area (Å²) < 4.78 is 5.48. The van der Waals surface area contributed by atoms with Crippen LogP contribution in [0, 0.1) is 0 Å². The summed E-state index contributed by atoms with van der Waals surface area (Å²) in [4.78, 5) is 20.9. The first-order chi connectivity index (χ1) is 7.79. The van der Waals surface area contributed by atoms with E-state index in [2.05, 4.69) is 5.32 Å². The molecule has 0 radical (unpaired) electrons. The van der Waals surface area contributed by atoms with Gasteiger partial charge in [-0.15, -0.1) is 0 Å². The van der Waals surface area contributed by atoms with E-state index in [1.165, 1.54) is 5.56 Å². The van der Waals surface area contributed by atoms with Crippen LogP contribution in [-0.2, 0) is 22.6 Å². The number of nitrogens with one attached hydrogen (secondary N) is 1. The van der Waals surface area contributed by atoms with Crippen molar-refractivity contribution in [3.05, 3.63) is 29.3 Å². The average Bonchev–Trinajstić information content (AvgIpc) is 2.35. The van der Waals surface area contributed by atoms with E-state index in [-0.39, 0.29) is 6.29 Å². The van der Waals surface area contributed by atoms with Gasteiger partial charge < -0.3 is 10.1 Å². The molecule has 1 heterocycles. The fraction of sp³-hybridized carbons (Fsp3) is 0.333. The minimum atomic E-state index is -0.589. The molecule has 0 fully saturated rings. The molecule has 0 saturated heterocycles. The fourth-order valence-corrected chi connectivity index (χ4v) is 1.75. The summed E-state index contributed by atoms with van der Waals surface area (Å²) in [5.41, 5.74) is 2.16. The number of rotatable bonds is 3. The first-order valence-electron chi connectivity index (χ1n) is 5.27. The van der Waals surface area contributed by atoms with Gasteiger partial charge in [0.25, 0.3) is 5.91 Å². The van der Waals surface area contributed by atoms with Crippen molar-refractivity contribution in [2.45, 2.75) is 19.4 Å². The summed E-state index contributed by atoms with van der Waals surface area (Å²) in [6, 6.07) is 5.83. The smallest absolute Gasteiger partial charge is 0.284 e. The number of carbonyl (C=O) groups is 2. The molecule has 4 nitrogen and oxygen atoms in total. The van der Waals surface area contributed by atoms with E-state index in [0.29, 0.717) is 6.54 Å². The van der Waals surface area contributed by atoms with Crippen molar-refractivity contribution >= 4 is 12.2 Å². The summed E-state index contributed by atoms with van der Waals surface area (Å²) in [5.74, 6) is 0.339. The summed E-state index contributed by atoms with van der Waals surface area (Å²) in [6.07, 6.45) is 2.31. The van der Waals surface area contributed by atoms with E-state index < -0.39 is 5.91 Å². The van der Waals surface area contributed by atoms with Crippen molar-refractivity contribution < 1.29 is 14.3 Å². The highest BCUT2D eigenvalue weighted by molar-refractivity contribution is 6.23. The van der Waals surface area contributed by atoms with Gasteiger partial charge >= 0.3 is 0 Å². The van der Waals surface area contributed by atoms with Crippen LogP contribution in [0.1, 0.15) is 17.5 Å². The molecule has 16 heavy (non-hydrogen) atoms. The molecule has 0 unspecified atom stereocenters. The molecule has 1 amide bonds. The second-order valence-corrected chi connectivity index (χ2v) is 3.73. The van der Waals surface area contributed by atoms with Crippen molar-refractivity contribution in [2.75, 3.05) is 6.61 Å². The largest absolute Gasteiger partial charge is 0.493 e. The Balaban J connectivity index is 2.05. The van der Waals surface area contributed by atoms with Crippen molar-refractivity contribution in [3.8, 4) is 5.75 Å². The number of carbonyl (C=O) groups excluding carboxylic acids is 2. The minimum absolute atomic E-state index is 0.279. The number of aryl methyl sites for hydroxylation is 1. The van der Waals surface area contributed by atoms with Gasteiger partial charge in [0.05, 0.1) is 6.61 Å². The normalized spacial score (nSPS) is 13.5. The van der Waals surface area contributed by atoms with Crippen LogP contribution in [0.4, 0.5) is 0 Å². The van der Waals surface area contributed by atoms with Crippen LogP contribution in [-0.4, -0.2) is 18.8 Å². The lowest BCUT2D eigenvalue weighted by molar-refractivity contribution is -0.131. The van der Waals surface area contributed by atoms with Crippen molar-refractivity contribution in [1.29, 1.82) is 0 Å². The highest BCUT2D eigenvalue weighted by atomic mass is 16.5. The second-order valence-electron chi connectivity index (χ2n) is 3.73. The van der Waals surface area contributed by atoms with Gasteiger partial charge in [-0.05, 0) is 30.0 Å². The Hall–Kier alpha value is -1.84. The number of ether oxygens (including phenoxy) is 1. The molecule has 0 spiro atoms. The Kier molecular flexibility index (Phi) is 3.19. The van der Waals surface area contributed by atoms with Crippen LogP contribution in [0.2, 0.25) is 0 Å². The first kappa shape index (κ1) is 10.7. The molecule has 1 aromatic rings. The molecule has 1 aromatic carbocycles. The quantitative estimate of drug-likeness (QED) is 0.605. The Morgan fingerprint density at radius 1 is 1.50 bits per heavy atom. The van der Waals surface area contributed by atoms with Crippen LogP contribution in [0.25, 0.3) is 0 Å². The van der Waals surface area contributed by atoms with E-state index >= 15 is 0 Å². The van der Waals surface area contributed by atoms with E-state index in [9.17, 15) is 9.59 Å². The third kappa shape index (κ3) is 2.39. The molecule has 0 bridgehead atoms. The number of benzene rings is 1. The maximum Gasteiger partial charge on any atom is 0.284 e. The molecule has 84 valence electrons. The standard InChI is InChI=1S/C12H13NO3/c14-8-12(15)13-7-9-3-4-11-10(6-9)2-1-5-16-11/h3-4,6,8H,1-2,5,7H2,(H,13,15). The number of hydrogen-bond acceptors (Lipinski definition) is 3. The Morgan fingerprint density at radius 3 is 3.19 bits per heavy atom. The molecule has 1 N–H and O–H groups in total. The molecular formula is C12H13NO3. The highest BCUT2D eigenvalue weighted by Gasteiger charge is 2.10. The predicted octanol–water partition coefficient (Wildman–Crippen LogP) is 0.827. The lowest BCUT2D eigenvalue weighted by Crippen LogP contribution is -2.23. The number of hydrogen-bond donors (Lipinski definition) is 1. The van der Waals surface area contributed by atoms with Gasteiger partial charge in [-0.1, -0.05) is 12.1 Å². The van der Waals surface area contributed by atoms with E-state index in [4.69, 9.17) is 4.74 Å². The summed E-state index contributed by atoms with van der Waals surface area (Å²) in [7, 11) is 0. The molecule has 1 aliphatic rings. The topological polar surface area (TPSA) is 55.4 Å². The van der Waals surface area contributed by atoms with Crippen molar-refractivity contribution in [3.63, 3.8) is 0 Å². The van der Waals surface area contributed by atoms with Gasteiger partial charge in [0.1, 0.15) is 5.75 Å². The van der Waals surface area contributed by atoms with Crippen LogP contribution >= 0.6 is 0 Å². The number of aldehydes is 1. The third-order valence-electron chi connectivity index (χ3n) is 2.55. The zero-order valence-electron chi connectivity index (χ0n) is 8.86. The molecule has 1 aliphatic heterocycles. The van der Waals surface area contributed by atoms with E-state index in [1.54, 1.807) is 0 Å². The molecule has 2 rings (SSSR count). The van der Waals surface area contributed by atoms with Crippen molar-refractivity contribution in [2.24, 2.45) is 0 Å². The van der Waals surface area contributed by atoms with Gasteiger partial charge in [-0.3, -0.25) is 9.59 Å². The molecule has 4 heteroatoms.